The molecular formula is C34H49ClF4N6O10S. The largest absolute Gasteiger partial charge is 0.493 e. The second-order valence-electron chi connectivity index (χ2n) is 11.6. The maximum absolute atomic E-state index is 13.3. The van der Waals surface area contributed by atoms with Crippen LogP contribution in [0.25, 0.3) is 0 Å². The first-order valence-electron chi connectivity index (χ1n) is 17.7. The maximum atomic E-state index is 13.3. The molecule has 0 unspecified atom stereocenters. The monoisotopic (exact) mass is 844 g/mol. The Labute approximate surface area is 330 Å². The van der Waals surface area contributed by atoms with Crippen LogP contribution in [-0.4, -0.2) is 129 Å². The van der Waals surface area contributed by atoms with E-state index in [1.165, 1.54) is 24.3 Å². The summed E-state index contributed by atoms with van der Waals surface area (Å²) in [6.07, 6.45) is -1.28. The molecule has 0 fully saturated rings. The van der Waals surface area contributed by atoms with E-state index < -0.39 is 47.1 Å². The van der Waals surface area contributed by atoms with Crippen molar-refractivity contribution in [1.29, 1.82) is 0 Å². The number of nitrogens with one attached hydrogen (secondary N) is 3. The molecule has 0 aliphatic heterocycles. The Morgan fingerprint density at radius 1 is 0.893 bits per heavy atom. The van der Waals surface area contributed by atoms with Gasteiger partial charge < -0.3 is 44.9 Å². The highest BCUT2D eigenvalue weighted by atomic mass is 35.5. The molecule has 5 N–H and O–H groups in total. The van der Waals surface area contributed by atoms with Crippen LogP contribution in [0.1, 0.15) is 38.2 Å². The summed E-state index contributed by atoms with van der Waals surface area (Å²) in [6.45, 7) is 4.06. The van der Waals surface area contributed by atoms with Crippen molar-refractivity contribution in [2.45, 2.75) is 56.3 Å². The second-order valence-corrected chi connectivity index (χ2v) is 13.0. The van der Waals surface area contributed by atoms with E-state index in [2.05, 4.69) is 25.4 Å². The van der Waals surface area contributed by atoms with E-state index in [0.29, 0.717) is 69.5 Å². The number of amides is 2. The van der Waals surface area contributed by atoms with Gasteiger partial charge in [-0.2, -0.15) is 23.2 Å². The number of nitrogen functional groups attached to an aromatic ring is 1. The molecule has 0 aliphatic rings. The molecule has 2 rings (SSSR count). The van der Waals surface area contributed by atoms with Crippen molar-refractivity contribution >= 4 is 52.9 Å². The molecule has 56 heavy (non-hydrogen) atoms. The van der Waals surface area contributed by atoms with Crippen molar-refractivity contribution < 1.29 is 60.5 Å². The second kappa shape index (κ2) is 27.8. The number of hydroxylamine groups is 2. The van der Waals surface area contributed by atoms with Gasteiger partial charge in [0.25, 0.3) is 11.5 Å². The molecule has 1 heterocycles. The third-order valence-corrected chi connectivity index (χ3v) is 8.59. The number of aromatic nitrogens is 2. The van der Waals surface area contributed by atoms with Crippen LogP contribution >= 0.6 is 23.4 Å². The molecular weight excluding hydrogens is 796 g/mol. The lowest BCUT2D eigenvalue weighted by Crippen LogP contribution is -2.52. The number of alkyl halides is 4. The number of nitrogens with two attached hydrogens (primary N) is 1. The topological polar surface area (TPSA) is 206 Å². The number of aromatic amines is 1. The van der Waals surface area contributed by atoms with Gasteiger partial charge in [0, 0.05) is 38.3 Å². The average molecular weight is 845 g/mol. The fourth-order valence-electron chi connectivity index (χ4n) is 4.42. The molecule has 0 aliphatic carbocycles. The lowest BCUT2D eigenvalue weighted by molar-refractivity contribution is -0.241. The molecule has 1 aromatic heterocycles. The highest BCUT2D eigenvalue weighted by Crippen LogP contribution is 2.26. The Morgan fingerprint density at radius 2 is 1.45 bits per heavy atom. The van der Waals surface area contributed by atoms with Gasteiger partial charge in [-0.15, -0.1) is 23.4 Å². The smallest absolute Gasteiger partial charge is 0.379 e. The van der Waals surface area contributed by atoms with Gasteiger partial charge >= 0.3 is 12.1 Å². The first kappa shape index (κ1) is 48.4. The van der Waals surface area contributed by atoms with Gasteiger partial charge in [-0.05, 0) is 30.5 Å². The quantitative estimate of drug-likeness (QED) is 0.0305. The number of unbranched alkanes of at least 4 members (excludes halogenated alkanes) is 3. The average Bonchev–Trinajstić information content (AvgIpc) is 3.14. The van der Waals surface area contributed by atoms with Gasteiger partial charge in [-0.25, -0.2) is 9.18 Å². The predicted octanol–water partition coefficient (Wildman–Crippen LogP) is 3.43. The highest BCUT2D eigenvalue weighted by Gasteiger charge is 2.45. The minimum Gasteiger partial charge on any atom is -0.379 e. The lowest BCUT2D eigenvalue weighted by atomic mass is 10.2. The van der Waals surface area contributed by atoms with Crippen LogP contribution in [0, 0.1) is 5.82 Å². The van der Waals surface area contributed by atoms with Gasteiger partial charge in [0.2, 0.25) is 11.9 Å². The summed E-state index contributed by atoms with van der Waals surface area (Å²) in [7, 11) is 0. The minimum atomic E-state index is -5.49. The van der Waals surface area contributed by atoms with Gasteiger partial charge in [0.15, 0.2) is 6.04 Å². The summed E-state index contributed by atoms with van der Waals surface area (Å²) in [6, 6.07) is 3.54. The standard InChI is InChI=1S/C34H49ClF4N6O10S/c1-24(46)45(55-32(49)34(37,38)39)27(23-56-28-29(43-33(40)44-31(28)48)42-22-25-6-8-26(36)9-7-25)30(47)41-11-13-51-15-17-53-19-21-54-20-18-52-16-14-50-12-5-3-2-4-10-35/h6-9,27H,2-5,10-23H2,1H3,(H,41,47)(H4,40,42,43,44,48)/t27-/m0/s1. The third kappa shape index (κ3) is 20.4. The van der Waals surface area contributed by atoms with Gasteiger partial charge in [-0.3, -0.25) is 19.4 Å². The van der Waals surface area contributed by atoms with Gasteiger partial charge in [0.1, 0.15) is 16.5 Å². The molecule has 1 aromatic carbocycles. The van der Waals surface area contributed by atoms with E-state index in [1.807, 2.05) is 0 Å². The Kier molecular flexibility index (Phi) is 24.0. The van der Waals surface area contributed by atoms with Crippen LogP contribution in [0.4, 0.5) is 29.3 Å². The first-order valence-corrected chi connectivity index (χ1v) is 19.2. The Morgan fingerprint density at radius 3 is 2.00 bits per heavy atom. The number of carbonyl (C=O) groups is 3. The number of ether oxygens (including phenoxy) is 5. The Balaban J connectivity index is 1.81. The Bertz CT molecular complexity index is 1510. The number of anilines is 2. The molecule has 16 nitrogen and oxygen atoms in total. The number of halogens is 5. The van der Waals surface area contributed by atoms with Crippen LogP contribution in [0.2, 0.25) is 0 Å². The van der Waals surface area contributed by atoms with E-state index in [4.69, 9.17) is 41.0 Å². The summed E-state index contributed by atoms with van der Waals surface area (Å²) in [5.74, 6) is -5.69. The van der Waals surface area contributed by atoms with E-state index in [-0.39, 0.29) is 54.6 Å². The van der Waals surface area contributed by atoms with Crippen molar-refractivity contribution in [1.82, 2.24) is 20.3 Å². The zero-order valence-corrected chi connectivity index (χ0v) is 32.5. The van der Waals surface area contributed by atoms with Crippen molar-refractivity contribution in [3.05, 3.63) is 46.0 Å². The fraction of sp³-hybridized carbons (Fsp3) is 0.618. The molecule has 2 amide bonds. The normalized spacial score (nSPS) is 12.0. The fourth-order valence-corrected chi connectivity index (χ4v) is 5.66. The van der Waals surface area contributed by atoms with Crippen LogP contribution in [0.5, 0.6) is 0 Å². The van der Waals surface area contributed by atoms with Gasteiger partial charge in [-0.1, -0.05) is 25.0 Å². The predicted molar refractivity (Wildman–Crippen MR) is 198 cm³/mol. The van der Waals surface area contributed by atoms with E-state index in [9.17, 15) is 36.7 Å². The first-order chi connectivity index (χ1) is 26.8. The number of H-pyrrole nitrogens is 1. The zero-order valence-electron chi connectivity index (χ0n) is 31.0. The third-order valence-electron chi connectivity index (χ3n) is 7.17. The molecule has 22 heteroatoms. The van der Waals surface area contributed by atoms with E-state index in [1.54, 1.807) is 0 Å². The lowest BCUT2D eigenvalue weighted by Gasteiger charge is -2.28. The molecule has 2 aromatic rings. The van der Waals surface area contributed by atoms with E-state index in [0.717, 1.165) is 32.6 Å². The summed E-state index contributed by atoms with van der Waals surface area (Å²) in [5, 5.41) is 5.26. The molecule has 0 saturated heterocycles. The highest BCUT2D eigenvalue weighted by molar-refractivity contribution is 7.99. The zero-order chi connectivity index (χ0) is 41.2. The van der Waals surface area contributed by atoms with Crippen LogP contribution in [-0.2, 0) is 49.5 Å². The maximum Gasteiger partial charge on any atom is 0.493 e. The number of thioether (sulfide) groups is 1. The van der Waals surface area contributed by atoms with Crippen LogP contribution in [0.3, 0.4) is 0 Å². The number of hydrogen-bond acceptors (Lipinski definition) is 14. The van der Waals surface area contributed by atoms with Crippen molar-refractivity contribution in [2.75, 3.05) is 95.3 Å². The summed E-state index contributed by atoms with van der Waals surface area (Å²) >= 11 is 6.26. The van der Waals surface area contributed by atoms with Crippen LogP contribution in [0.15, 0.2) is 34.0 Å². The number of hydrogen-bond donors (Lipinski definition) is 4. The molecule has 0 saturated carbocycles. The molecule has 1 atom stereocenters. The molecule has 0 radical (unpaired) electrons. The Hall–Kier alpha value is -3.73. The number of nitrogens with zero attached hydrogens (tertiary/aromatic N) is 2. The summed E-state index contributed by atoms with van der Waals surface area (Å²) in [4.78, 5) is 60.6. The van der Waals surface area contributed by atoms with Crippen LogP contribution < -0.4 is 21.9 Å². The van der Waals surface area contributed by atoms with Crippen molar-refractivity contribution in [3.8, 4) is 0 Å². The number of rotatable bonds is 29. The molecule has 316 valence electrons. The number of carbonyl (C=O) groups excluding carboxylic acids is 3. The van der Waals surface area contributed by atoms with Gasteiger partial charge in [0.05, 0.1) is 59.5 Å². The SMILES string of the molecule is CC(=O)N(OC(=O)C(F)(F)F)[C@@H](CSc1c(NCc2ccc(F)cc2)nc(N)[nH]c1=O)C(=O)NCCOCCOCCOCCOCCOCCCCCCCl. The summed E-state index contributed by atoms with van der Waals surface area (Å²) in [5.41, 5.74) is 5.51. The summed E-state index contributed by atoms with van der Waals surface area (Å²) < 4.78 is 79.8. The number of benzene rings is 1. The van der Waals surface area contributed by atoms with Crippen molar-refractivity contribution in [2.24, 2.45) is 0 Å². The molecule has 0 bridgehead atoms. The minimum absolute atomic E-state index is 0.0197. The van der Waals surface area contributed by atoms with Crippen molar-refractivity contribution in [3.63, 3.8) is 0 Å². The molecule has 0 spiro atoms. The van der Waals surface area contributed by atoms with E-state index >= 15 is 0 Å².